The first-order valence-corrected chi connectivity index (χ1v) is 9.89. The second-order valence-corrected chi connectivity index (χ2v) is 7.99. The van der Waals surface area contributed by atoms with Crippen molar-refractivity contribution in [2.75, 3.05) is 5.32 Å². The molecule has 1 aliphatic heterocycles. The molecule has 1 aliphatic rings. The molecule has 0 aliphatic carbocycles. The smallest absolute Gasteiger partial charge is 0.233 e. The summed E-state index contributed by atoms with van der Waals surface area (Å²) in [5.41, 5.74) is 4.97. The lowest BCUT2D eigenvalue weighted by atomic mass is 9.86. The summed E-state index contributed by atoms with van der Waals surface area (Å²) in [6, 6.07) is 16.1. The third kappa shape index (κ3) is 2.57. The first kappa shape index (κ1) is 17.2. The topological polar surface area (TPSA) is 64.7 Å². The van der Waals surface area contributed by atoms with Crippen molar-refractivity contribution >= 4 is 38.7 Å². The van der Waals surface area contributed by atoms with Crippen LogP contribution in [0, 0.1) is 6.92 Å². The Morgan fingerprint density at radius 3 is 2.64 bits per heavy atom. The molecule has 0 fully saturated rings. The third-order valence-corrected chi connectivity index (χ3v) is 5.86. The van der Waals surface area contributed by atoms with E-state index in [0.717, 1.165) is 32.3 Å². The van der Waals surface area contributed by atoms with Crippen molar-refractivity contribution in [3.05, 3.63) is 69.8 Å². The Morgan fingerprint density at radius 2 is 1.89 bits per heavy atom. The number of benzene rings is 2. The minimum Gasteiger partial charge on any atom is -0.311 e. The average molecular weight is 436 g/mol. The number of carbonyl (C=O) groups excluding carboxylic acids is 1. The van der Waals surface area contributed by atoms with E-state index >= 15 is 0 Å². The zero-order chi connectivity index (χ0) is 19.4. The van der Waals surface area contributed by atoms with E-state index in [0.29, 0.717) is 18.2 Å². The highest BCUT2D eigenvalue weighted by Crippen LogP contribution is 2.40. The molecule has 3 heterocycles. The van der Waals surface area contributed by atoms with Crippen LogP contribution in [-0.4, -0.2) is 25.2 Å². The number of imidazole rings is 1. The molecule has 0 saturated carbocycles. The van der Waals surface area contributed by atoms with E-state index in [2.05, 4.69) is 33.4 Å². The molecule has 1 unspecified atom stereocenters. The summed E-state index contributed by atoms with van der Waals surface area (Å²) in [6.45, 7) is 1.99. The van der Waals surface area contributed by atoms with E-state index in [1.165, 1.54) is 0 Å². The van der Waals surface area contributed by atoms with E-state index in [1.807, 2.05) is 54.9 Å². The third-order valence-electron chi connectivity index (χ3n) is 5.33. The number of para-hydroxylation sites is 2. The van der Waals surface area contributed by atoms with Gasteiger partial charge in [0, 0.05) is 29.4 Å². The van der Waals surface area contributed by atoms with E-state index in [4.69, 9.17) is 10.1 Å². The van der Waals surface area contributed by atoms with Crippen LogP contribution in [-0.2, 0) is 11.8 Å². The Bertz CT molecular complexity index is 1220. The fourth-order valence-electron chi connectivity index (χ4n) is 3.99. The molecule has 5 rings (SSSR count). The SMILES string of the molecule is Cc1nn(-c2nc3ccccc3n2C)c2c1C(c1ccc(Br)cc1)CC(=O)N2. The molecule has 2 aromatic carbocycles. The fraction of sp³-hybridized carbons (Fsp3) is 0.190. The maximum atomic E-state index is 12.5. The van der Waals surface area contributed by atoms with Gasteiger partial charge >= 0.3 is 0 Å². The summed E-state index contributed by atoms with van der Waals surface area (Å²) in [7, 11) is 1.96. The molecule has 6 nitrogen and oxygen atoms in total. The van der Waals surface area contributed by atoms with E-state index in [-0.39, 0.29) is 11.8 Å². The van der Waals surface area contributed by atoms with Crippen molar-refractivity contribution in [1.82, 2.24) is 19.3 Å². The number of halogens is 1. The van der Waals surface area contributed by atoms with E-state index in [1.54, 1.807) is 4.68 Å². The molecule has 1 amide bonds. The number of aryl methyl sites for hydroxylation is 2. The number of rotatable bonds is 2. The number of amides is 1. The summed E-state index contributed by atoms with van der Waals surface area (Å²) < 4.78 is 4.77. The number of carbonyl (C=O) groups is 1. The van der Waals surface area contributed by atoms with Crippen molar-refractivity contribution in [3.63, 3.8) is 0 Å². The van der Waals surface area contributed by atoms with Gasteiger partial charge in [-0.1, -0.05) is 40.2 Å². The average Bonchev–Trinajstić information content (AvgIpc) is 3.19. The minimum atomic E-state index is -0.0275. The predicted octanol–water partition coefficient (Wildman–Crippen LogP) is 4.30. The molecule has 4 aromatic rings. The molecule has 0 radical (unpaired) electrons. The first-order chi connectivity index (χ1) is 13.5. The molecular formula is C21H18BrN5O. The molecule has 7 heteroatoms. The number of hydrogen-bond donors (Lipinski definition) is 1. The van der Waals surface area contributed by atoms with Crippen molar-refractivity contribution in [2.24, 2.45) is 7.05 Å². The second kappa shape index (κ2) is 6.31. The Morgan fingerprint density at radius 1 is 1.14 bits per heavy atom. The van der Waals surface area contributed by atoms with Crippen molar-refractivity contribution < 1.29 is 4.79 Å². The van der Waals surface area contributed by atoms with Gasteiger partial charge in [0.1, 0.15) is 5.82 Å². The molecule has 0 bridgehead atoms. The van der Waals surface area contributed by atoms with Gasteiger partial charge in [-0.2, -0.15) is 9.78 Å². The molecule has 140 valence electrons. The number of nitrogens with one attached hydrogen (secondary N) is 1. The maximum Gasteiger partial charge on any atom is 0.233 e. The molecular weight excluding hydrogens is 418 g/mol. The quantitative estimate of drug-likeness (QED) is 0.510. The van der Waals surface area contributed by atoms with Gasteiger partial charge in [0.05, 0.1) is 16.7 Å². The molecule has 2 aromatic heterocycles. The van der Waals surface area contributed by atoms with Crippen molar-refractivity contribution in [2.45, 2.75) is 19.3 Å². The normalized spacial score (nSPS) is 16.2. The van der Waals surface area contributed by atoms with Crippen LogP contribution in [0.5, 0.6) is 0 Å². The lowest BCUT2D eigenvalue weighted by Gasteiger charge is -2.24. The van der Waals surface area contributed by atoms with Crippen LogP contribution in [0.25, 0.3) is 17.0 Å². The second-order valence-electron chi connectivity index (χ2n) is 7.08. The summed E-state index contributed by atoms with van der Waals surface area (Å²) >= 11 is 3.48. The number of fused-ring (bicyclic) bond motifs is 2. The van der Waals surface area contributed by atoms with Gasteiger partial charge in [-0.3, -0.25) is 4.79 Å². The zero-order valence-electron chi connectivity index (χ0n) is 15.5. The van der Waals surface area contributed by atoms with Crippen LogP contribution >= 0.6 is 15.9 Å². The van der Waals surface area contributed by atoms with Gasteiger partial charge < -0.3 is 9.88 Å². The van der Waals surface area contributed by atoms with E-state index < -0.39 is 0 Å². The monoisotopic (exact) mass is 435 g/mol. The van der Waals surface area contributed by atoms with Gasteiger partial charge in [0.15, 0.2) is 0 Å². The summed E-state index contributed by atoms with van der Waals surface area (Å²) in [6.07, 6.45) is 0.406. The fourth-order valence-corrected chi connectivity index (χ4v) is 4.26. The van der Waals surface area contributed by atoms with Crippen molar-refractivity contribution in [3.8, 4) is 5.95 Å². The molecule has 1 atom stereocenters. The Kier molecular flexibility index (Phi) is 3.87. The minimum absolute atomic E-state index is 0.0136. The summed E-state index contributed by atoms with van der Waals surface area (Å²) in [5, 5.41) is 7.79. The van der Waals surface area contributed by atoms with Crippen molar-refractivity contribution in [1.29, 1.82) is 0 Å². The van der Waals surface area contributed by atoms with Crippen LogP contribution in [0.15, 0.2) is 53.0 Å². The lowest BCUT2D eigenvalue weighted by molar-refractivity contribution is -0.116. The van der Waals surface area contributed by atoms with Gasteiger partial charge in [-0.25, -0.2) is 4.98 Å². The van der Waals surface area contributed by atoms with Gasteiger partial charge in [-0.05, 0) is 36.8 Å². The summed E-state index contributed by atoms with van der Waals surface area (Å²) in [4.78, 5) is 17.3. The highest BCUT2D eigenvalue weighted by molar-refractivity contribution is 9.10. The summed E-state index contributed by atoms with van der Waals surface area (Å²) in [5.74, 6) is 1.35. The van der Waals surface area contributed by atoms with Crippen LogP contribution in [0.3, 0.4) is 0 Å². The van der Waals surface area contributed by atoms with Gasteiger partial charge in [-0.15, -0.1) is 0 Å². The lowest BCUT2D eigenvalue weighted by Crippen LogP contribution is -2.25. The highest BCUT2D eigenvalue weighted by Gasteiger charge is 2.33. The standard InChI is InChI=1S/C21H18BrN5O/c1-12-19-15(13-7-9-14(22)10-8-13)11-18(28)24-20(19)27(25-12)21-23-16-5-3-4-6-17(16)26(21)2/h3-10,15H,11H2,1-2H3,(H,24,28). The largest absolute Gasteiger partial charge is 0.311 e. The number of hydrogen-bond acceptors (Lipinski definition) is 3. The van der Waals surface area contributed by atoms with Crippen LogP contribution in [0.4, 0.5) is 5.82 Å². The maximum absolute atomic E-state index is 12.5. The molecule has 28 heavy (non-hydrogen) atoms. The molecule has 1 N–H and O–H groups in total. The number of anilines is 1. The first-order valence-electron chi connectivity index (χ1n) is 9.09. The Hall–Kier alpha value is -2.93. The number of nitrogens with zero attached hydrogens (tertiary/aromatic N) is 4. The van der Waals surface area contributed by atoms with E-state index in [9.17, 15) is 4.79 Å². The molecule has 0 spiro atoms. The van der Waals surface area contributed by atoms with Gasteiger partial charge in [0.25, 0.3) is 0 Å². The highest BCUT2D eigenvalue weighted by atomic mass is 79.9. The molecule has 0 saturated heterocycles. The number of aromatic nitrogens is 4. The Labute approximate surface area is 170 Å². The van der Waals surface area contributed by atoms with Gasteiger partial charge in [0.2, 0.25) is 11.9 Å². The Balaban J connectivity index is 1.71. The van der Waals surface area contributed by atoms with Crippen LogP contribution in [0.2, 0.25) is 0 Å². The van der Waals surface area contributed by atoms with Crippen LogP contribution in [0.1, 0.15) is 29.2 Å². The zero-order valence-corrected chi connectivity index (χ0v) is 17.1. The van der Waals surface area contributed by atoms with Crippen LogP contribution < -0.4 is 5.32 Å². The predicted molar refractivity (Wildman–Crippen MR) is 112 cm³/mol.